The van der Waals surface area contributed by atoms with E-state index in [4.69, 9.17) is 4.52 Å². The van der Waals surface area contributed by atoms with Gasteiger partial charge >= 0.3 is 0 Å². The van der Waals surface area contributed by atoms with Gasteiger partial charge in [-0.05, 0) is 52.9 Å². The summed E-state index contributed by atoms with van der Waals surface area (Å²) in [6.45, 7) is 7.51. The highest BCUT2D eigenvalue weighted by Crippen LogP contribution is 2.24. The number of carbonyl (C=O) groups excluding carboxylic acids is 1. The largest absolute Gasteiger partial charge is 0.360 e. The van der Waals surface area contributed by atoms with Gasteiger partial charge in [-0.3, -0.25) is 9.69 Å². The Balaban J connectivity index is 1.49. The van der Waals surface area contributed by atoms with Gasteiger partial charge in [-0.2, -0.15) is 4.31 Å². The molecule has 1 aromatic rings. The fraction of sp³-hybridized carbons (Fsp3) is 0.700. The van der Waals surface area contributed by atoms with Crippen molar-refractivity contribution in [2.45, 2.75) is 63.8 Å². The lowest BCUT2D eigenvalue weighted by atomic mass is 9.97. The third-order valence-corrected chi connectivity index (χ3v) is 8.04. The first kappa shape index (κ1) is 22.0. The highest BCUT2D eigenvalue weighted by molar-refractivity contribution is 7.89. The van der Waals surface area contributed by atoms with Gasteiger partial charge in [0.05, 0.1) is 6.04 Å². The molecule has 1 aliphatic heterocycles. The van der Waals surface area contributed by atoms with E-state index in [9.17, 15) is 13.2 Å². The van der Waals surface area contributed by atoms with E-state index in [-0.39, 0.29) is 16.8 Å². The summed E-state index contributed by atoms with van der Waals surface area (Å²) < 4.78 is 32.3. The van der Waals surface area contributed by atoms with Gasteiger partial charge in [-0.15, -0.1) is 0 Å². The number of nitrogens with zero attached hydrogens (tertiary/aromatic N) is 3. The number of nitrogens with one attached hydrogen (secondary N) is 1. The maximum atomic E-state index is 12.9. The number of hydrogen-bond donors (Lipinski definition) is 1. The standard InChI is InChI=1S/C20H32N4O4S/c1-15-19(17(3)28-22-15)29(26,27)24-13-11-23(12-14-24)16(2)20(25)21-10-9-18-7-5-4-6-8-18/h7,16H,4-6,8-14H2,1-3H3,(H,21,25). The average molecular weight is 425 g/mol. The Morgan fingerprint density at radius 1 is 1.24 bits per heavy atom. The monoisotopic (exact) mass is 424 g/mol. The number of hydrogen-bond acceptors (Lipinski definition) is 6. The highest BCUT2D eigenvalue weighted by atomic mass is 32.2. The van der Waals surface area contributed by atoms with Crippen molar-refractivity contribution in [3.05, 3.63) is 23.1 Å². The molecule has 1 unspecified atom stereocenters. The van der Waals surface area contributed by atoms with Crippen molar-refractivity contribution in [1.29, 1.82) is 0 Å². The highest BCUT2D eigenvalue weighted by Gasteiger charge is 2.35. The first-order chi connectivity index (χ1) is 13.8. The van der Waals surface area contributed by atoms with Gasteiger partial charge in [0.2, 0.25) is 15.9 Å². The van der Waals surface area contributed by atoms with Crippen LogP contribution in [0.15, 0.2) is 21.1 Å². The molecule has 1 saturated heterocycles. The predicted molar refractivity (Wildman–Crippen MR) is 110 cm³/mol. The van der Waals surface area contributed by atoms with Crippen molar-refractivity contribution in [1.82, 2.24) is 19.7 Å². The zero-order chi connectivity index (χ0) is 21.0. The summed E-state index contributed by atoms with van der Waals surface area (Å²) in [5.41, 5.74) is 1.83. The first-order valence-corrected chi connectivity index (χ1v) is 11.9. The topological polar surface area (TPSA) is 95.8 Å². The van der Waals surface area contributed by atoms with Crippen LogP contribution in [0.4, 0.5) is 0 Å². The van der Waals surface area contributed by atoms with Crippen molar-refractivity contribution in [2.75, 3.05) is 32.7 Å². The molecule has 1 fully saturated rings. The van der Waals surface area contributed by atoms with E-state index in [0.717, 1.165) is 19.3 Å². The summed E-state index contributed by atoms with van der Waals surface area (Å²) in [6.07, 6.45) is 8.04. The fourth-order valence-electron chi connectivity index (χ4n) is 4.09. The van der Waals surface area contributed by atoms with Crippen LogP contribution in [0.5, 0.6) is 0 Å². The number of allylic oxidation sites excluding steroid dienone is 1. The molecule has 3 rings (SSSR count). The van der Waals surface area contributed by atoms with Crippen LogP contribution in [0.2, 0.25) is 0 Å². The lowest BCUT2D eigenvalue weighted by Gasteiger charge is -2.36. The summed E-state index contributed by atoms with van der Waals surface area (Å²) in [7, 11) is -3.63. The summed E-state index contributed by atoms with van der Waals surface area (Å²) in [5.74, 6) is 0.314. The molecule has 9 heteroatoms. The van der Waals surface area contributed by atoms with Crippen molar-refractivity contribution >= 4 is 15.9 Å². The van der Waals surface area contributed by atoms with E-state index in [1.807, 2.05) is 11.8 Å². The molecule has 2 heterocycles. The summed E-state index contributed by atoms with van der Waals surface area (Å²) in [5, 5.41) is 6.79. The van der Waals surface area contributed by atoms with Gasteiger partial charge in [0.25, 0.3) is 0 Å². The van der Waals surface area contributed by atoms with Gasteiger partial charge in [0.15, 0.2) is 5.76 Å². The second-order valence-electron chi connectivity index (χ2n) is 7.92. The van der Waals surface area contributed by atoms with Crippen LogP contribution in [-0.2, 0) is 14.8 Å². The number of piperazine rings is 1. The normalized spacial score (nSPS) is 20.3. The Bertz CT molecular complexity index is 834. The minimum Gasteiger partial charge on any atom is -0.360 e. The van der Waals surface area contributed by atoms with Crippen LogP contribution in [0.3, 0.4) is 0 Å². The second kappa shape index (κ2) is 9.40. The Morgan fingerprint density at radius 3 is 2.55 bits per heavy atom. The van der Waals surface area contributed by atoms with Crippen molar-refractivity contribution in [2.24, 2.45) is 0 Å². The third kappa shape index (κ3) is 5.07. The molecule has 29 heavy (non-hydrogen) atoms. The van der Waals surface area contributed by atoms with E-state index in [0.29, 0.717) is 44.2 Å². The predicted octanol–water partition coefficient (Wildman–Crippen LogP) is 1.99. The van der Waals surface area contributed by atoms with Crippen LogP contribution < -0.4 is 5.32 Å². The third-order valence-electron chi connectivity index (χ3n) is 5.90. The molecule has 2 aliphatic rings. The van der Waals surface area contributed by atoms with Crippen LogP contribution in [-0.4, -0.2) is 67.5 Å². The summed E-state index contributed by atoms with van der Waals surface area (Å²) in [6, 6.07) is -0.278. The van der Waals surface area contributed by atoms with Crippen molar-refractivity contribution in [3.63, 3.8) is 0 Å². The van der Waals surface area contributed by atoms with Crippen LogP contribution >= 0.6 is 0 Å². The lowest BCUT2D eigenvalue weighted by Crippen LogP contribution is -2.55. The van der Waals surface area contributed by atoms with Gasteiger partial charge in [0, 0.05) is 32.7 Å². The van der Waals surface area contributed by atoms with Crippen LogP contribution in [0.25, 0.3) is 0 Å². The molecule has 1 aliphatic carbocycles. The Kier molecular flexibility index (Phi) is 7.13. The van der Waals surface area contributed by atoms with Gasteiger partial charge in [0.1, 0.15) is 10.6 Å². The van der Waals surface area contributed by atoms with Crippen molar-refractivity contribution < 1.29 is 17.7 Å². The van der Waals surface area contributed by atoms with Gasteiger partial charge in [-0.25, -0.2) is 8.42 Å². The maximum absolute atomic E-state index is 12.9. The Hall–Kier alpha value is -1.71. The van der Waals surface area contributed by atoms with Crippen LogP contribution in [0, 0.1) is 13.8 Å². The SMILES string of the molecule is Cc1noc(C)c1S(=O)(=O)N1CCN(C(C)C(=O)NCCC2=CCCCC2)CC1. The second-order valence-corrected chi connectivity index (χ2v) is 9.79. The zero-order valence-corrected chi connectivity index (χ0v) is 18.4. The number of aryl methyl sites for hydroxylation is 2. The molecule has 0 saturated carbocycles. The number of carbonyl (C=O) groups is 1. The zero-order valence-electron chi connectivity index (χ0n) is 17.6. The molecule has 1 atom stereocenters. The number of aromatic nitrogens is 1. The number of rotatable bonds is 7. The molecular formula is C20H32N4O4S. The molecule has 1 N–H and O–H groups in total. The van der Waals surface area contributed by atoms with Gasteiger partial charge < -0.3 is 9.84 Å². The molecule has 8 nitrogen and oxygen atoms in total. The van der Waals surface area contributed by atoms with Gasteiger partial charge in [-0.1, -0.05) is 16.8 Å². The first-order valence-electron chi connectivity index (χ1n) is 10.4. The molecule has 1 aromatic heterocycles. The quantitative estimate of drug-likeness (QED) is 0.673. The minimum atomic E-state index is -3.63. The van der Waals surface area contributed by atoms with E-state index >= 15 is 0 Å². The molecule has 0 aromatic carbocycles. The maximum Gasteiger partial charge on any atom is 0.248 e. The smallest absolute Gasteiger partial charge is 0.248 e. The summed E-state index contributed by atoms with van der Waals surface area (Å²) in [4.78, 5) is 14.7. The molecular weight excluding hydrogens is 392 g/mol. The molecule has 162 valence electrons. The molecule has 0 radical (unpaired) electrons. The Morgan fingerprint density at radius 2 is 1.97 bits per heavy atom. The molecule has 0 bridgehead atoms. The lowest BCUT2D eigenvalue weighted by molar-refractivity contribution is -0.126. The minimum absolute atomic E-state index is 0.00319. The van der Waals surface area contributed by atoms with Crippen molar-refractivity contribution in [3.8, 4) is 0 Å². The molecule has 0 spiro atoms. The number of amides is 1. The summed E-state index contributed by atoms with van der Waals surface area (Å²) >= 11 is 0. The number of sulfonamides is 1. The average Bonchev–Trinajstić information content (AvgIpc) is 3.07. The van der Waals surface area contributed by atoms with E-state index < -0.39 is 10.0 Å². The molecule has 1 amide bonds. The van der Waals surface area contributed by atoms with E-state index in [2.05, 4.69) is 16.5 Å². The van der Waals surface area contributed by atoms with E-state index in [1.54, 1.807) is 13.8 Å². The fourth-order valence-corrected chi connectivity index (χ4v) is 5.81. The van der Waals surface area contributed by atoms with E-state index in [1.165, 1.54) is 22.7 Å². The Labute approximate surface area is 173 Å². The van der Waals surface area contributed by atoms with Crippen LogP contribution in [0.1, 0.15) is 50.5 Å².